The molecule has 10 nitrogen and oxygen atoms in total. The summed E-state index contributed by atoms with van der Waals surface area (Å²) in [6.45, 7) is 3.85. The minimum absolute atomic E-state index is 0.160. The number of rotatable bonds is 14. The van der Waals surface area contributed by atoms with Crippen molar-refractivity contribution in [2.45, 2.75) is 32.4 Å². The molecule has 47 heavy (non-hydrogen) atoms. The van der Waals surface area contributed by atoms with Crippen molar-refractivity contribution in [3.8, 4) is 11.1 Å². The summed E-state index contributed by atoms with van der Waals surface area (Å²) in [6.07, 6.45) is 3.21. The summed E-state index contributed by atoms with van der Waals surface area (Å²) in [5.41, 5.74) is 6.15. The fourth-order valence-corrected chi connectivity index (χ4v) is 5.44. The van der Waals surface area contributed by atoms with Gasteiger partial charge in [-0.25, -0.2) is 4.79 Å². The van der Waals surface area contributed by atoms with E-state index < -0.39 is 18.1 Å². The summed E-state index contributed by atoms with van der Waals surface area (Å²) in [6, 6.07) is 23.9. The predicted octanol–water partition coefficient (Wildman–Crippen LogP) is 6.48. The number of pyridine rings is 1. The number of hydrogen-bond donors (Lipinski definition) is 2. The number of nitrogens with zero attached hydrogens (tertiary/aromatic N) is 4. The molecule has 2 N–H and O–H groups in total. The number of aryl methyl sites for hydroxylation is 1. The number of anilines is 2. The summed E-state index contributed by atoms with van der Waals surface area (Å²) < 4.78 is 4.90. The number of aromatic nitrogens is 1. The average Bonchev–Trinajstić information content (AvgIpc) is 3.06. The minimum atomic E-state index is -1.01. The summed E-state index contributed by atoms with van der Waals surface area (Å²) >= 11 is 0. The molecule has 4 rings (SSSR count). The van der Waals surface area contributed by atoms with E-state index in [4.69, 9.17) is 4.74 Å². The molecule has 0 fully saturated rings. The van der Waals surface area contributed by atoms with Crippen molar-refractivity contribution in [1.82, 2.24) is 14.8 Å². The molecule has 10 heteroatoms. The highest BCUT2D eigenvalue weighted by atomic mass is 16.5. The van der Waals surface area contributed by atoms with Crippen LogP contribution < -0.4 is 10.2 Å². The number of nitrogens with one attached hydrogen (secondary N) is 1. The van der Waals surface area contributed by atoms with Gasteiger partial charge in [-0.1, -0.05) is 54.1 Å². The molecule has 1 aromatic heterocycles. The van der Waals surface area contributed by atoms with Gasteiger partial charge >= 0.3 is 12.1 Å². The lowest BCUT2D eigenvalue weighted by Gasteiger charge is -2.32. The van der Waals surface area contributed by atoms with E-state index in [1.807, 2.05) is 94.8 Å². The Morgan fingerprint density at radius 2 is 1.66 bits per heavy atom. The molecule has 0 saturated heterocycles. The molecule has 0 spiro atoms. The Bertz CT molecular complexity index is 1660. The highest BCUT2D eigenvalue weighted by Crippen LogP contribution is 2.33. The minimum Gasteiger partial charge on any atom is -0.481 e. The molecular weight excluding hydrogens is 594 g/mol. The smallest absolute Gasteiger partial charge is 0.411 e. The molecule has 0 radical (unpaired) electrons. The molecule has 0 bridgehead atoms. The van der Waals surface area contributed by atoms with Gasteiger partial charge < -0.3 is 24.5 Å². The van der Waals surface area contributed by atoms with Crippen molar-refractivity contribution in [3.63, 3.8) is 0 Å². The molecule has 4 aromatic rings. The number of carboxylic acids is 1. The van der Waals surface area contributed by atoms with Crippen LogP contribution in [0.15, 0.2) is 91.3 Å². The molecule has 1 unspecified atom stereocenters. The highest BCUT2D eigenvalue weighted by molar-refractivity contribution is 5.94. The number of carbonyl (C=O) groups excluding carboxylic acids is 2. The second-order valence-corrected chi connectivity index (χ2v) is 11.8. The van der Waals surface area contributed by atoms with Gasteiger partial charge in [0.05, 0.1) is 36.5 Å². The van der Waals surface area contributed by atoms with E-state index in [0.29, 0.717) is 11.3 Å². The summed E-state index contributed by atoms with van der Waals surface area (Å²) in [4.78, 5) is 48.4. The third-order valence-corrected chi connectivity index (χ3v) is 7.92. The van der Waals surface area contributed by atoms with E-state index in [9.17, 15) is 19.5 Å². The molecule has 2 amide bonds. The van der Waals surface area contributed by atoms with E-state index in [1.165, 1.54) is 13.3 Å². The zero-order chi connectivity index (χ0) is 33.9. The fourth-order valence-electron chi connectivity index (χ4n) is 5.44. The second-order valence-electron chi connectivity index (χ2n) is 11.8. The quantitative estimate of drug-likeness (QED) is 0.161. The number of aliphatic carboxylic acids is 1. The van der Waals surface area contributed by atoms with Gasteiger partial charge in [-0.15, -0.1) is 0 Å². The third kappa shape index (κ3) is 9.64. The molecule has 246 valence electrons. The normalized spacial score (nSPS) is 11.5. The lowest BCUT2D eigenvalue weighted by atomic mass is 9.97. The third-order valence-electron chi connectivity index (χ3n) is 7.92. The zero-order valence-electron chi connectivity index (χ0n) is 27.6. The molecule has 0 saturated carbocycles. The molecule has 0 aliphatic carbocycles. The van der Waals surface area contributed by atoms with Gasteiger partial charge in [0, 0.05) is 32.5 Å². The zero-order valence-corrected chi connectivity index (χ0v) is 27.6. The number of hydrogen-bond acceptors (Lipinski definition) is 7. The number of carbonyl (C=O) groups is 3. The van der Waals surface area contributed by atoms with Gasteiger partial charge in [-0.3, -0.25) is 19.9 Å². The number of methoxy groups -OCH3 is 1. The van der Waals surface area contributed by atoms with Gasteiger partial charge in [-0.2, -0.15) is 0 Å². The Kier molecular flexibility index (Phi) is 12.1. The van der Waals surface area contributed by atoms with E-state index in [0.717, 1.165) is 53.0 Å². The van der Waals surface area contributed by atoms with Gasteiger partial charge in [0.1, 0.15) is 0 Å². The van der Waals surface area contributed by atoms with Crippen LogP contribution in [0.2, 0.25) is 0 Å². The number of benzene rings is 3. The van der Waals surface area contributed by atoms with Crippen LogP contribution in [0.4, 0.5) is 16.2 Å². The summed E-state index contributed by atoms with van der Waals surface area (Å²) in [5, 5.41) is 12.8. The van der Waals surface area contributed by atoms with E-state index in [-0.39, 0.29) is 18.9 Å². The molecule has 0 aliphatic rings. The first-order valence-electron chi connectivity index (χ1n) is 15.5. The maximum atomic E-state index is 14.0. The van der Waals surface area contributed by atoms with Crippen molar-refractivity contribution in [3.05, 3.63) is 114 Å². The predicted molar refractivity (Wildman–Crippen MR) is 185 cm³/mol. The molecule has 0 aliphatic heterocycles. The summed E-state index contributed by atoms with van der Waals surface area (Å²) in [7, 11) is 7.39. The molecule has 1 atom stereocenters. The van der Waals surface area contributed by atoms with Crippen molar-refractivity contribution in [1.29, 1.82) is 0 Å². The van der Waals surface area contributed by atoms with Crippen LogP contribution in [0, 0.1) is 6.92 Å². The lowest BCUT2D eigenvalue weighted by molar-refractivity contribution is -0.138. The SMILES string of the molecule is COC(=O)Nc1cc(-c2cccc(CN(C(=O)c3cccnc3)C(CC(=O)O)c3ccc(C)cc3)c2)ccc1N(C)CCCN(C)C. The Labute approximate surface area is 276 Å². The first-order chi connectivity index (χ1) is 22.5. The Morgan fingerprint density at radius 3 is 2.32 bits per heavy atom. The fraction of sp³-hybridized carbons (Fsp3) is 0.297. The van der Waals surface area contributed by atoms with Gasteiger partial charge in [0.25, 0.3) is 5.91 Å². The van der Waals surface area contributed by atoms with E-state index in [2.05, 4.69) is 20.1 Å². The number of ether oxygens (including phenoxy) is 1. The van der Waals surface area contributed by atoms with Crippen LogP contribution in [-0.4, -0.2) is 79.2 Å². The van der Waals surface area contributed by atoms with Gasteiger partial charge in [0.15, 0.2) is 0 Å². The van der Waals surface area contributed by atoms with Crippen LogP contribution >= 0.6 is 0 Å². The Balaban J connectivity index is 1.71. The van der Waals surface area contributed by atoms with Crippen molar-refractivity contribution < 1.29 is 24.2 Å². The lowest BCUT2D eigenvalue weighted by Crippen LogP contribution is -2.36. The van der Waals surface area contributed by atoms with Gasteiger partial charge in [0.2, 0.25) is 0 Å². The molecule has 3 aromatic carbocycles. The number of carboxylic acid groups (broad SMARTS) is 1. The van der Waals surface area contributed by atoms with E-state index >= 15 is 0 Å². The van der Waals surface area contributed by atoms with E-state index in [1.54, 1.807) is 23.2 Å². The van der Waals surface area contributed by atoms with Crippen molar-refractivity contribution in [2.24, 2.45) is 0 Å². The van der Waals surface area contributed by atoms with Crippen LogP contribution in [0.5, 0.6) is 0 Å². The summed E-state index contributed by atoms with van der Waals surface area (Å²) in [5.74, 6) is -1.33. The maximum absolute atomic E-state index is 14.0. The Hall–Kier alpha value is -5.22. The van der Waals surface area contributed by atoms with Gasteiger partial charge in [-0.05, 0) is 86.6 Å². The van der Waals surface area contributed by atoms with Crippen LogP contribution in [0.1, 0.15) is 45.9 Å². The molecule has 1 heterocycles. The van der Waals surface area contributed by atoms with Crippen LogP contribution in [-0.2, 0) is 16.1 Å². The average molecular weight is 638 g/mol. The van der Waals surface area contributed by atoms with Crippen LogP contribution in [0.25, 0.3) is 11.1 Å². The van der Waals surface area contributed by atoms with Crippen molar-refractivity contribution in [2.75, 3.05) is 51.6 Å². The van der Waals surface area contributed by atoms with Crippen molar-refractivity contribution >= 4 is 29.3 Å². The highest BCUT2D eigenvalue weighted by Gasteiger charge is 2.29. The topological polar surface area (TPSA) is 115 Å². The maximum Gasteiger partial charge on any atom is 0.411 e. The largest absolute Gasteiger partial charge is 0.481 e. The monoisotopic (exact) mass is 637 g/mol. The Morgan fingerprint density at radius 1 is 0.915 bits per heavy atom. The number of amides is 2. The second kappa shape index (κ2) is 16.4. The first kappa shape index (κ1) is 34.6. The van der Waals surface area contributed by atoms with Crippen LogP contribution in [0.3, 0.4) is 0 Å². The molecular formula is C37H43N5O5. The standard InChI is InChI=1S/C37H43N5O5/c1-26-12-14-28(15-13-26)34(23-35(43)44)42(36(45)31-11-7-18-38-24-31)25-27-9-6-10-29(21-27)30-16-17-33(32(22-30)39-37(46)47-5)41(4)20-8-19-40(2)3/h6-7,9-18,21-22,24,34H,8,19-20,23,25H2,1-5H3,(H,39,46)(H,43,44). The first-order valence-corrected chi connectivity index (χ1v) is 15.5.